The zero-order valence-corrected chi connectivity index (χ0v) is 58.7. The van der Waals surface area contributed by atoms with Crippen molar-refractivity contribution in [3.8, 4) is 38.4 Å². The van der Waals surface area contributed by atoms with Crippen LogP contribution in [0.1, 0.15) is 87.6 Å². The van der Waals surface area contributed by atoms with E-state index < -0.39 is 158 Å². The molecule has 0 radical (unpaired) electrons. The van der Waals surface area contributed by atoms with Crippen LogP contribution in [-0.2, 0) is 58.7 Å². The van der Waals surface area contributed by atoms with Crippen molar-refractivity contribution < 1.29 is 142 Å². The first-order chi connectivity index (χ1) is 46.6. The third-order valence-electron chi connectivity index (χ3n) is 16.4. The standard InChI is InChI=1S/C61H84N10O23S3.Na/c1-33-31-71-51(52(33)78)57(83)63-30-39(73)28-42(64-53(79)36-11-13-37(14-12-36)58-68-69-59(96-58)38-15-17-41(18-16-38)89-24-8-6-4-5-7-23-88-3)54(80)65-48(34(2)72)60(84)70-32-40(74)29-43(70)55(81)66-49(46(77)26-35-10-19-44(75)47(27-35)90-97-94-92-87)56(82)67-50(61(71)85)45(76)20-22-62-21-9-25-95-93-91-86;/h10-19,27,33-34,39-40,42-43,45-46,48-52,62,72-78,86-87H,4-9,20-26,28-32H2,1-3H3,(H,63,83)(H,64,79)(H,65,80)(H,66,81)(H,67,82);/q;+1/p-1/t33-,34+,39+,40+,42+,43+,45-,46-,48+,49+,50+,51+,52+;/m1./s1. The maximum absolute atomic E-state index is 15.0. The number of amides is 7. The van der Waals surface area contributed by atoms with Crippen LogP contribution in [0.25, 0.3) is 21.1 Å². The summed E-state index contributed by atoms with van der Waals surface area (Å²) in [5.41, 5.74) is 1.49. The van der Waals surface area contributed by atoms with Crippen LogP contribution in [0, 0.1) is 5.92 Å². The van der Waals surface area contributed by atoms with Crippen molar-refractivity contribution in [3.05, 3.63) is 77.9 Å². The van der Waals surface area contributed by atoms with Gasteiger partial charge in [0.2, 0.25) is 35.4 Å². The van der Waals surface area contributed by atoms with Crippen LogP contribution in [0.3, 0.4) is 0 Å². The van der Waals surface area contributed by atoms with Gasteiger partial charge in [-0.05, 0) is 99.8 Å². The molecule has 33 nitrogen and oxygen atoms in total. The number of carbonyl (C=O) groups excluding carboxylic acids is 7. The minimum absolute atomic E-state index is 0. The normalized spacial score (nSPS) is 23.8. The molecule has 0 spiro atoms. The van der Waals surface area contributed by atoms with E-state index in [2.05, 4.69) is 60.8 Å². The van der Waals surface area contributed by atoms with Crippen molar-refractivity contribution in [1.82, 2.24) is 51.9 Å². The van der Waals surface area contributed by atoms with Crippen LogP contribution in [0.5, 0.6) is 17.2 Å². The number of hydrogen-bond acceptors (Lipinski definition) is 29. The summed E-state index contributed by atoms with van der Waals surface area (Å²) in [6.07, 6.45) is -6.75. The van der Waals surface area contributed by atoms with E-state index in [0.29, 0.717) is 46.7 Å². The molecule has 14 N–H and O–H groups in total. The number of rotatable bonds is 31. The first-order valence-electron chi connectivity index (χ1n) is 31.4. The van der Waals surface area contributed by atoms with Crippen molar-refractivity contribution in [3.63, 3.8) is 0 Å². The van der Waals surface area contributed by atoms with Crippen LogP contribution < -0.4 is 75.6 Å². The Morgan fingerprint density at radius 3 is 2.08 bits per heavy atom. The quantitative estimate of drug-likeness (QED) is 0.00753. The number of phenolic OH excluding ortho intramolecular Hbond substituents is 1. The van der Waals surface area contributed by atoms with E-state index in [4.69, 9.17) is 18.9 Å². The number of fused-ring (bicyclic) bond motifs is 2. The molecule has 1 aromatic heterocycles. The van der Waals surface area contributed by atoms with E-state index >= 15 is 4.79 Å². The molecule has 3 aliphatic rings. The molecule has 98 heavy (non-hydrogen) atoms. The van der Waals surface area contributed by atoms with Gasteiger partial charge in [0.25, 0.3) is 18.2 Å². The van der Waals surface area contributed by atoms with E-state index in [1.165, 1.54) is 36.5 Å². The number of unbranched alkanes of at least 4 members (excludes halogenated alkanes) is 4. The number of nitrogens with one attached hydrogen (secondary N) is 6. The Kier molecular flexibility index (Phi) is 34.0. The summed E-state index contributed by atoms with van der Waals surface area (Å²) >= 11 is 2.10. The number of phenols is 1. The molecule has 3 aliphatic heterocycles. The van der Waals surface area contributed by atoms with E-state index in [-0.39, 0.29) is 78.3 Å². The minimum Gasteiger partial charge on any atom is -0.691 e. The Bertz CT molecular complexity index is 3210. The fourth-order valence-corrected chi connectivity index (χ4v) is 12.7. The van der Waals surface area contributed by atoms with Crippen LogP contribution in [0.15, 0.2) is 66.7 Å². The Hall–Kier alpha value is -5.95. The summed E-state index contributed by atoms with van der Waals surface area (Å²) in [7, 11) is 1.69. The number of carbonyl (C=O) groups is 7. The molecule has 3 saturated heterocycles. The number of ether oxygens (including phenoxy) is 2. The number of β-amino-alcohol motifs (C(OH)–C–C–N with tert-alkyl or cyclic N) is 1. The zero-order valence-electron chi connectivity index (χ0n) is 54.3. The van der Waals surface area contributed by atoms with Gasteiger partial charge >= 0.3 is 29.6 Å². The molecule has 534 valence electrons. The predicted molar refractivity (Wildman–Crippen MR) is 344 cm³/mol. The van der Waals surface area contributed by atoms with Crippen molar-refractivity contribution in [2.75, 3.05) is 58.8 Å². The Morgan fingerprint density at radius 1 is 0.755 bits per heavy atom. The van der Waals surface area contributed by atoms with Gasteiger partial charge in [-0.3, -0.25) is 38.6 Å². The Labute approximate surface area is 598 Å². The fourth-order valence-electron chi connectivity index (χ4n) is 11.2. The van der Waals surface area contributed by atoms with E-state index in [1.54, 1.807) is 19.2 Å². The van der Waals surface area contributed by atoms with Crippen LogP contribution in [0.4, 0.5) is 0 Å². The number of aromatic nitrogens is 2. The number of nitrogens with zero attached hydrogens (tertiary/aromatic N) is 4. The van der Waals surface area contributed by atoms with Gasteiger partial charge in [-0.2, -0.15) is 0 Å². The Balaban J connectivity index is 0.0000152. The average molecular weight is 1440 g/mol. The van der Waals surface area contributed by atoms with Gasteiger partial charge in [0.1, 0.15) is 52.0 Å². The van der Waals surface area contributed by atoms with Gasteiger partial charge in [-0.15, -0.1) is 18.9 Å². The molecular formula is C61H83N10NaO23S3. The first-order valence-corrected chi connectivity index (χ1v) is 33.8. The summed E-state index contributed by atoms with van der Waals surface area (Å²) < 4.78 is 24.7. The summed E-state index contributed by atoms with van der Waals surface area (Å²) in [6, 6.07) is 5.76. The Morgan fingerprint density at radius 2 is 1.41 bits per heavy atom. The molecule has 4 aromatic rings. The maximum Gasteiger partial charge on any atom is 1.00 e. The molecule has 13 atom stereocenters. The molecule has 7 amide bonds. The molecule has 0 bridgehead atoms. The van der Waals surface area contributed by atoms with Gasteiger partial charge in [0.05, 0.1) is 43.2 Å². The van der Waals surface area contributed by atoms with E-state index in [0.717, 1.165) is 85.2 Å². The molecule has 37 heteroatoms. The maximum atomic E-state index is 15.0. The molecule has 0 saturated carbocycles. The van der Waals surface area contributed by atoms with Crippen molar-refractivity contribution in [2.45, 2.75) is 151 Å². The van der Waals surface area contributed by atoms with E-state index in [1.807, 2.05) is 24.3 Å². The second-order valence-corrected chi connectivity index (χ2v) is 25.8. The average Bonchev–Trinajstić information content (AvgIpc) is 1.62. The number of methoxy groups -OCH3 is 1. The number of hydrogen-bond donors (Lipinski definition) is 14. The summed E-state index contributed by atoms with van der Waals surface area (Å²) in [5.74, 6) is -8.47. The van der Waals surface area contributed by atoms with Gasteiger partial charge in [-0.25, -0.2) is 5.26 Å². The summed E-state index contributed by atoms with van der Waals surface area (Å²) in [6.45, 7) is 2.66. The first kappa shape index (κ1) is 81.0. The largest absolute Gasteiger partial charge is 1.00 e. The number of aliphatic hydroxyl groups is 6. The van der Waals surface area contributed by atoms with Gasteiger partial charge < -0.3 is 96.4 Å². The predicted octanol–water partition coefficient (Wildman–Crippen LogP) is -3.89. The van der Waals surface area contributed by atoms with Crippen molar-refractivity contribution in [2.24, 2.45) is 5.92 Å². The number of aromatic hydroxyl groups is 1. The monoisotopic (exact) mass is 1440 g/mol. The van der Waals surface area contributed by atoms with Crippen LogP contribution in [-0.4, -0.2) is 234 Å². The molecule has 4 heterocycles. The molecule has 3 aromatic carbocycles. The van der Waals surface area contributed by atoms with Crippen molar-refractivity contribution >= 4 is 77.1 Å². The van der Waals surface area contributed by atoms with Crippen LogP contribution in [0.2, 0.25) is 0 Å². The van der Waals surface area contributed by atoms with Crippen molar-refractivity contribution in [1.29, 1.82) is 0 Å². The second kappa shape index (κ2) is 41.1. The van der Waals surface area contributed by atoms with Crippen LogP contribution >= 0.6 is 35.7 Å². The number of aliphatic hydroxyl groups excluding tert-OH is 6. The van der Waals surface area contributed by atoms with Gasteiger partial charge in [-0.1, -0.05) is 60.8 Å². The molecule has 0 aliphatic carbocycles. The van der Waals surface area contributed by atoms with Gasteiger partial charge in [0.15, 0.2) is 11.5 Å². The molecule has 0 unspecified atom stereocenters. The molecule has 3 fully saturated rings. The third-order valence-corrected chi connectivity index (χ3v) is 18.3. The number of benzene rings is 3. The minimum atomic E-state index is -2.14. The zero-order chi connectivity index (χ0) is 70.1. The van der Waals surface area contributed by atoms with E-state index in [9.17, 15) is 69.8 Å². The van der Waals surface area contributed by atoms with Gasteiger partial charge in [0, 0.05) is 93.0 Å². The third kappa shape index (κ3) is 23.6. The SMILES string of the molecule is COCCCCCCCOc1ccc(-c2nnc(-c3ccc(C(=O)N[C@H]4C[C@H](O)CNC(=O)[C@@H]5[C@@H](O)[C@H](C)CN5C(=O)[C@H]([C@H](O)CCNCCCSOOO)NC(=O)[C@H]([C@H](O)Cc5ccc(O)c(OSOO[O-])c5)NC(=O)[C@@H]5C[C@H](O)CN5C(=O)[C@H]([C@H](C)O)NC4=O)cc3)s2)cc1.[Na+]. The second-order valence-electron chi connectivity index (χ2n) is 23.6. The topological polar surface area (TPSA) is 473 Å². The summed E-state index contributed by atoms with van der Waals surface area (Å²) in [4.78, 5) is 104. The molecule has 7 rings (SSSR count). The molecular weight excluding hydrogens is 1360 g/mol. The fraction of sp³-hybridized carbons (Fsp3) is 0.557. The smallest absolute Gasteiger partial charge is 0.691 e. The summed E-state index contributed by atoms with van der Waals surface area (Å²) in [5, 5.41) is 131.